The molecule has 5 heteroatoms. The van der Waals surface area contributed by atoms with E-state index in [4.69, 9.17) is 22.7 Å². The Morgan fingerprint density at radius 2 is 2.06 bits per heavy atom. The van der Waals surface area contributed by atoms with Crippen molar-refractivity contribution in [2.75, 3.05) is 19.7 Å². The Hall–Kier alpha value is -0.680. The number of hydrogen-bond acceptors (Lipinski definition) is 3. The molecule has 1 amide bonds. The molecular formula is C11H20N2O2S. The van der Waals surface area contributed by atoms with Gasteiger partial charge in [0.05, 0.1) is 11.1 Å². The zero-order valence-electron chi connectivity index (χ0n) is 9.94. The smallest absolute Gasteiger partial charge is 0.248 e. The quantitative estimate of drug-likeness (QED) is 0.748. The highest BCUT2D eigenvalue weighted by Gasteiger charge is 2.24. The molecule has 0 spiro atoms. The molecule has 0 aromatic heterocycles. The lowest BCUT2D eigenvalue weighted by molar-refractivity contribution is -0.138. The minimum Gasteiger partial charge on any atom is -0.393 e. The van der Waals surface area contributed by atoms with Crippen molar-refractivity contribution >= 4 is 23.1 Å². The predicted octanol–water partition coefficient (Wildman–Crippen LogP) is 0.936. The summed E-state index contributed by atoms with van der Waals surface area (Å²) < 4.78 is 5.29. The highest BCUT2D eigenvalue weighted by molar-refractivity contribution is 7.80. The third kappa shape index (κ3) is 4.06. The monoisotopic (exact) mass is 244 g/mol. The number of amides is 1. The summed E-state index contributed by atoms with van der Waals surface area (Å²) in [7, 11) is 0. The number of carbonyl (C=O) groups is 1. The molecule has 0 atom stereocenters. The molecule has 1 aliphatic heterocycles. The lowest BCUT2D eigenvalue weighted by Gasteiger charge is -2.31. The summed E-state index contributed by atoms with van der Waals surface area (Å²) in [6, 6.07) is 0. The van der Waals surface area contributed by atoms with E-state index in [0.717, 1.165) is 25.9 Å². The minimum atomic E-state index is 0.0649. The van der Waals surface area contributed by atoms with Gasteiger partial charge >= 0.3 is 0 Å². The Kier molecular flexibility index (Phi) is 5.15. The third-order valence-electron chi connectivity index (χ3n) is 2.79. The van der Waals surface area contributed by atoms with Crippen molar-refractivity contribution in [1.29, 1.82) is 0 Å². The van der Waals surface area contributed by atoms with E-state index in [9.17, 15) is 4.79 Å². The van der Waals surface area contributed by atoms with Gasteiger partial charge in [-0.3, -0.25) is 4.79 Å². The first-order valence-corrected chi connectivity index (χ1v) is 6.10. The third-order valence-corrected chi connectivity index (χ3v) is 3.12. The summed E-state index contributed by atoms with van der Waals surface area (Å²) in [5.74, 6) is 0.361. The standard InChI is InChI=1S/C11H20N2O2S/c1-8(2)15-7-10(14)13-5-3-9(4-6-13)11(12)16/h8-9H,3-7H2,1-2H3,(H2,12,16). The lowest BCUT2D eigenvalue weighted by atomic mass is 9.97. The maximum absolute atomic E-state index is 11.7. The van der Waals surface area contributed by atoms with Crippen molar-refractivity contribution in [3.63, 3.8) is 0 Å². The number of thiocarbonyl (C=S) groups is 1. The van der Waals surface area contributed by atoms with Crippen molar-refractivity contribution in [3.8, 4) is 0 Å². The number of nitrogens with two attached hydrogens (primary N) is 1. The number of hydrogen-bond donors (Lipinski definition) is 1. The molecule has 92 valence electrons. The van der Waals surface area contributed by atoms with Crippen molar-refractivity contribution in [2.24, 2.45) is 11.7 Å². The van der Waals surface area contributed by atoms with Gasteiger partial charge in [-0.25, -0.2) is 0 Å². The molecule has 0 saturated carbocycles. The Labute approximate surface area is 102 Å². The van der Waals surface area contributed by atoms with E-state index < -0.39 is 0 Å². The maximum Gasteiger partial charge on any atom is 0.248 e. The van der Waals surface area contributed by atoms with E-state index in [1.54, 1.807) is 0 Å². The summed E-state index contributed by atoms with van der Waals surface area (Å²) >= 11 is 4.95. The van der Waals surface area contributed by atoms with Gasteiger partial charge in [-0.2, -0.15) is 0 Å². The Morgan fingerprint density at radius 1 is 1.50 bits per heavy atom. The first-order valence-electron chi connectivity index (χ1n) is 5.69. The van der Waals surface area contributed by atoms with E-state index in [0.29, 0.717) is 10.9 Å². The van der Waals surface area contributed by atoms with E-state index in [-0.39, 0.29) is 18.6 Å². The van der Waals surface area contributed by atoms with Crippen molar-refractivity contribution in [2.45, 2.75) is 32.8 Å². The van der Waals surface area contributed by atoms with Gasteiger partial charge in [0.2, 0.25) is 5.91 Å². The fraction of sp³-hybridized carbons (Fsp3) is 0.818. The SMILES string of the molecule is CC(C)OCC(=O)N1CCC(C(N)=S)CC1. The Morgan fingerprint density at radius 3 is 2.50 bits per heavy atom. The van der Waals surface area contributed by atoms with Crippen LogP contribution in [0.25, 0.3) is 0 Å². The average molecular weight is 244 g/mol. The topological polar surface area (TPSA) is 55.6 Å². The fourth-order valence-electron chi connectivity index (χ4n) is 1.74. The van der Waals surface area contributed by atoms with Crippen molar-refractivity contribution < 1.29 is 9.53 Å². The van der Waals surface area contributed by atoms with Crippen LogP contribution < -0.4 is 5.73 Å². The molecule has 1 heterocycles. The van der Waals surface area contributed by atoms with E-state index in [2.05, 4.69) is 0 Å². The van der Waals surface area contributed by atoms with Gasteiger partial charge in [-0.1, -0.05) is 12.2 Å². The minimum absolute atomic E-state index is 0.0649. The molecule has 0 unspecified atom stereocenters. The number of piperidine rings is 1. The summed E-state index contributed by atoms with van der Waals surface area (Å²) in [6.45, 7) is 5.50. The van der Waals surface area contributed by atoms with Crippen LogP contribution in [0.4, 0.5) is 0 Å². The number of ether oxygens (including phenoxy) is 1. The second kappa shape index (κ2) is 6.15. The van der Waals surface area contributed by atoms with Crippen LogP contribution in [0.3, 0.4) is 0 Å². The molecule has 16 heavy (non-hydrogen) atoms. The normalized spacial score (nSPS) is 17.8. The summed E-state index contributed by atoms with van der Waals surface area (Å²) in [4.78, 5) is 14.1. The van der Waals surface area contributed by atoms with Gasteiger partial charge in [-0.15, -0.1) is 0 Å². The van der Waals surface area contributed by atoms with Gasteiger partial charge in [0.15, 0.2) is 0 Å². The highest BCUT2D eigenvalue weighted by atomic mass is 32.1. The zero-order valence-corrected chi connectivity index (χ0v) is 10.8. The molecule has 0 aromatic rings. The number of nitrogens with zero attached hydrogens (tertiary/aromatic N) is 1. The molecule has 0 aromatic carbocycles. The molecular weight excluding hydrogens is 224 g/mol. The van der Waals surface area contributed by atoms with Crippen LogP contribution in [0.1, 0.15) is 26.7 Å². The summed E-state index contributed by atoms with van der Waals surface area (Å²) in [6.07, 6.45) is 1.85. The van der Waals surface area contributed by atoms with Crippen LogP contribution in [0.15, 0.2) is 0 Å². The molecule has 0 radical (unpaired) electrons. The van der Waals surface area contributed by atoms with Crippen molar-refractivity contribution in [3.05, 3.63) is 0 Å². The van der Waals surface area contributed by atoms with Gasteiger partial charge in [0.25, 0.3) is 0 Å². The average Bonchev–Trinajstić information content (AvgIpc) is 2.26. The fourth-order valence-corrected chi connectivity index (χ4v) is 1.98. The van der Waals surface area contributed by atoms with Gasteiger partial charge in [-0.05, 0) is 26.7 Å². The molecule has 4 nitrogen and oxygen atoms in total. The van der Waals surface area contributed by atoms with Crippen LogP contribution in [0.5, 0.6) is 0 Å². The first kappa shape index (κ1) is 13.4. The van der Waals surface area contributed by atoms with Crippen LogP contribution in [-0.2, 0) is 9.53 Å². The molecule has 1 saturated heterocycles. The van der Waals surface area contributed by atoms with Crippen LogP contribution >= 0.6 is 12.2 Å². The second-order valence-electron chi connectivity index (χ2n) is 4.42. The van der Waals surface area contributed by atoms with E-state index in [1.807, 2.05) is 18.7 Å². The predicted molar refractivity (Wildman–Crippen MR) is 67.2 cm³/mol. The first-order chi connectivity index (χ1) is 7.50. The number of carbonyl (C=O) groups excluding carboxylic acids is 1. The van der Waals surface area contributed by atoms with Gasteiger partial charge < -0.3 is 15.4 Å². The highest BCUT2D eigenvalue weighted by Crippen LogP contribution is 2.17. The summed E-state index contributed by atoms with van der Waals surface area (Å²) in [5, 5.41) is 0. The number of rotatable bonds is 4. The van der Waals surface area contributed by atoms with Gasteiger partial charge in [0, 0.05) is 19.0 Å². The van der Waals surface area contributed by atoms with Gasteiger partial charge in [0.1, 0.15) is 6.61 Å². The Balaban J connectivity index is 2.30. The second-order valence-corrected chi connectivity index (χ2v) is 4.89. The molecule has 1 fully saturated rings. The van der Waals surface area contributed by atoms with E-state index in [1.165, 1.54) is 0 Å². The van der Waals surface area contributed by atoms with Crippen molar-refractivity contribution in [1.82, 2.24) is 4.90 Å². The molecule has 0 aliphatic carbocycles. The van der Waals surface area contributed by atoms with Crippen LogP contribution in [0, 0.1) is 5.92 Å². The molecule has 2 N–H and O–H groups in total. The maximum atomic E-state index is 11.7. The number of likely N-dealkylation sites (tertiary alicyclic amines) is 1. The molecule has 1 rings (SSSR count). The van der Waals surface area contributed by atoms with E-state index >= 15 is 0 Å². The zero-order chi connectivity index (χ0) is 12.1. The lowest BCUT2D eigenvalue weighted by Crippen LogP contribution is -2.43. The summed E-state index contributed by atoms with van der Waals surface area (Å²) in [5.41, 5.74) is 5.59. The molecule has 1 aliphatic rings. The largest absolute Gasteiger partial charge is 0.393 e. The molecule has 0 bridgehead atoms. The van der Waals surface area contributed by atoms with Crippen LogP contribution in [0.2, 0.25) is 0 Å². The Bertz CT molecular complexity index is 261. The van der Waals surface area contributed by atoms with Crippen LogP contribution in [-0.4, -0.2) is 41.6 Å².